The molecule has 1 N–H and O–H groups in total. The molecule has 0 saturated heterocycles. The van der Waals surface area contributed by atoms with Crippen LogP contribution in [0.4, 0.5) is 10.2 Å². The van der Waals surface area contributed by atoms with Crippen LogP contribution in [0.5, 0.6) is 0 Å². The second-order valence-corrected chi connectivity index (χ2v) is 7.99. The predicted molar refractivity (Wildman–Crippen MR) is 125 cm³/mol. The first-order chi connectivity index (χ1) is 16.0. The van der Waals surface area contributed by atoms with Gasteiger partial charge >= 0.3 is 0 Å². The Labute approximate surface area is 193 Å². The Bertz CT molecular complexity index is 1490. The van der Waals surface area contributed by atoms with E-state index in [9.17, 15) is 9.18 Å². The molecule has 5 aromatic rings. The third-order valence-corrected chi connectivity index (χ3v) is 5.42. The number of rotatable bonds is 5. The summed E-state index contributed by atoms with van der Waals surface area (Å²) in [6.07, 6.45) is 5.13. The summed E-state index contributed by atoms with van der Waals surface area (Å²) >= 11 is 6.33. The van der Waals surface area contributed by atoms with Crippen molar-refractivity contribution in [3.63, 3.8) is 0 Å². The van der Waals surface area contributed by atoms with E-state index in [-0.39, 0.29) is 22.6 Å². The molecule has 0 aliphatic carbocycles. The summed E-state index contributed by atoms with van der Waals surface area (Å²) in [6.45, 7) is 0.316. The zero-order valence-corrected chi connectivity index (χ0v) is 18.3. The van der Waals surface area contributed by atoms with Crippen molar-refractivity contribution in [1.82, 2.24) is 24.5 Å². The van der Waals surface area contributed by atoms with Crippen LogP contribution >= 0.6 is 11.6 Å². The number of amides is 1. The Hall–Kier alpha value is -4.04. The number of hydrogen-bond acceptors (Lipinski definition) is 4. The first-order valence-corrected chi connectivity index (χ1v) is 10.5. The molecule has 0 unspecified atom stereocenters. The zero-order valence-electron chi connectivity index (χ0n) is 17.5. The third kappa shape index (κ3) is 4.33. The lowest BCUT2D eigenvalue weighted by molar-refractivity contribution is 0.102. The molecule has 0 aliphatic rings. The van der Waals surface area contributed by atoms with Gasteiger partial charge in [-0.3, -0.25) is 14.2 Å². The van der Waals surface area contributed by atoms with Crippen LogP contribution in [0.2, 0.25) is 5.02 Å². The van der Waals surface area contributed by atoms with E-state index in [1.807, 2.05) is 37.5 Å². The van der Waals surface area contributed by atoms with E-state index in [0.29, 0.717) is 28.7 Å². The largest absolute Gasteiger partial charge is 0.304 e. The van der Waals surface area contributed by atoms with Crippen LogP contribution in [0, 0.1) is 5.82 Å². The lowest BCUT2D eigenvalue weighted by atomic mass is 10.0. The van der Waals surface area contributed by atoms with Crippen molar-refractivity contribution < 1.29 is 9.18 Å². The molecule has 9 heteroatoms. The minimum absolute atomic E-state index is 0.224. The minimum Gasteiger partial charge on any atom is -0.304 e. The van der Waals surface area contributed by atoms with Crippen LogP contribution in [0.15, 0.2) is 73.2 Å². The first kappa shape index (κ1) is 20.8. The normalized spacial score (nSPS) is 11.1. The molecule has 0 radical (unpaired) electrons. The van der Waals surface area contributed by atoms with Gasteiger partial charge in [0.05, 0.1) is 29.5 Å². The summed E-state index contributed by atoms with van der Waals surface area (Å²) in [6, 6.07) is 15.4. The summed E-state index contributed by atoms with van der Waals surface area (Å²) in [5, 5.41) is 12.3. The maximum Gasteiger partial charge on any atom is 0.257 e. The zero-order chi connectivity index (χ0) is 22.9. The minimum atomic E-state index is -0.364. The predicted octanol–water partition coefficient (Wildman–Crippen LogP) is 4.92. The molecule has 164 valence electrons. The van der Waals surface area contributed by atoms with Gasteiger partial charge in [-0.05, 0) is 29.8 Å². The van der Waals surface area contributed by atoms with Gasteiger partial charge < -0.3 is 5.32 Å². The Morgan fingerprint density at radius 3 is 2.76 bits per heavy atom. The Kier molecular flexibility index (Phi) is 5.35. The smallest absolute Gasteiger partial charge is 0.257 e. The SMILES string of the molecule is Cn1cc(-c2cc(C(=O)Nc3nn(Cc4cccc(F)c4)cc3Cl)c3ccccc3n2)cn1. The average molecular weight is 461 g/mol. The quantitative estimate of drug-likeness (QED) is 0.403. The average Bonchev–Trinajstić information content (AvgIpc) is 3.38. The fourth-order valence-corrected chi connectivity index (χ4v) is 3.82. The standard InChI is InChI=1S/C24H18ClFN6O/c1-31-13-16(11-27-31)22-10-19(18-7-2-3-8-21(18)28-22)24(33)29-23-20(25)14-32(30-23)12-15-5-4-6-17(26)9-15/h2-11,13-14H,12H2,1H3,(H,29,30,33). The first-order valence-electron chi connectivity index (χ1n) is 10.1. The highest BCUT2D eigenvalue weighted by atomic mass is 35.5. The van der Waals surface area contributed by atoms with Crippen molar-refractivity contribution in [1.29, 1.82) is 0 Å². The van der Waals surface area contributed by atoms with Crippen molar-refractivity contribution in [3.05, 3.63) is 95.2 Å². The Balaban J connectivity index is 1.46. The highest BCUT2D eigenvalue weighted by molar-refractivity contribution is 6.33. The molecule has 5 rings (SSSR count). The molecule has 0 atom stereocenters. The van der Waals surface area contributed by atoms with Crippen LogP contribution in [-0.2, 0) is 13.6 Å². The van der Waals surface area contributed by atoms with E-state index in [1.54, 1.807) is 40.0 Å². The fraction of sp³-hybridized carbons (Fsp3) is 0.0833. The second kappa shape index (κ2) is 8.48. The molecule has 0 bridgehead atoms. The molecule has 2 aromatic carbocycles. The molecule has 33 heavy (non-hydrogen) atoms. The molecule has 0 spiro atoms. The van der Waals surface area contributed by atoms with E-state index in [4.69, 9.17) is 11.6 Å². The van der Waals surface area contributed by atoms with Crippen LogP contribution in [0.3, 0.4) is 0 Å². The van der Waals surface area contributed by atoms with Crippen molar-refractivity contribution in [3.8, 4) is 11.3 Å². The Morgan fingerprint density at radius 1 is 1.12 bits per heavy atom. The highest BCUT2D eigenvalue weighted by Crippen LogP contribution is 2.27. The number of nitrogens with one attached hydrogen (secondary N) is 1. The van der Waals surface area contributed by atoms with Crippen LogP contribution in [0.25, 0.3) is 22.2 Å². The van der Waals surface area contributed by atoms with E-state index >= 15 is 0 Å². The molecule has 3 aromatic heterocycles. The van der Waals surface area contributed by atoms with Gasteiger partial charge in [0.2, 0.25) is 0 Å². The Morgan fingerprint density at radius 2 is 1.97 bits per heavy atom. The highest BCUT2D eigenvalue weighted by Gasteiger charge is 2.17. The molecule has 3 heterocycles. The summed E-state index contributed by atoms with van der Waals surface area (Å²) in [4.78, 5) is 17.9. The fourth-order valence-electron chi connectivity index (χ4n) is 3.62. The maximum atomic E-state index is 13.5. The number of carbonyl (C=O) groups is 1. The molecular weight excluding hydrogens is 443 g/mol. The summed E-state index contributed by atoms with van der Waals surface area (Å²) in [7, 11) is 1.82. The van der Waals surface area contributed by atoms with Crippen molar-refractivity contribution in [2.75, 3.05) is 5.32 Å². The number of hydrogen-bond donors (Lipinski definition) is 1. The number of anilines is 1. The van der Waals surface area contributed by atoms with Gasteiger partial charge in [-0.2, -0.15) is 10.2 Å². The van der Waals surface area contributed by atoms with Crippen LogP contribution in [0.1, 0.15) is 15.9 Å². The van der Waals surface area contributed by atoms with Gasteiger partial charge in [0.1, 0.15) is 10.8 Å². The number of nitrogens with zero attached hydrogens (tertiary/aromatic N) is 5. The summed E-state index contributed by atoms with van der Waals surface area (Å²) in [5.74, 6) is -0.466. The van der Waals surface area contributed by atoms with Gasteiger partial charge in [0.15, 0.2) is 5.82 Å². The lowest BCUT2D eigenvalue weighted by Gasteiger charge is -2.09. The monoisotopic (exact) mass is 460 g/mol. The van der Waals surface area contributed by atoms with E-state index in [2.05, 4.69) is 20.5 Å². The molecule has 0 fully saturated rings. The number of fused-ring (bicyclic) bond motifs is 1. The van der Waals surface area contributed by atoms with Crippen LogP contribution < -0.4 is 5.32 Å². The number of benzene rings is 2. The number of pyridine rings is 1. The van der Waals surface area contributed by atoms with E-state index in [1.165, 1.54) is 12.1 Å². The van der Waals surface area contributed by atoms with Crippen molar-refractivity contribution in [2.45, 2.75) is 6.54 Å². The number of halogens is 2. The molecule has 0 saturated carbocycles. The molecule has 1 amide bonds. The van der Waals surface area contributed by atoms with E-state index in [0.717, 1.165) is 11.1 Å². The molecule has 0 aliphatic heterocycles. The second-order valence-electron chi connectivity index (χ2n) is 7.58. The van der Waals surface area contributed by atoms with Gasteiger partial charge in [-0.15, -0.1) is 0 Å². The third-order valence-electron chi connectivity index (χ3n) is 5.14. The molecule has 7 nitrogen and oxygen atoms in total. The molecular formula is C24H18ClFN6O. The number of aryl methyl sites for hydroxylation is 1. The van der Waals surface area contributed by atoms with E-state index < -0.39 is 0 Å². The van der Waals surface area contributed by atoms with Gasteiger partial charge in [-0.25, -0.2) is 9.37 Å². The maximum absolute atomic E-state index is 13.5. The van der Waals surface area contributed by atoms with Gasteiger partial charge in [0, 0.05) is 30.4 Å². The lowest BCUT2D eigenvalue weighted by Crippen LogP contribution is -2.14. The van der Waals surface area contributed by atoms with Crippen molar-refractivity contribution in [2.24, 2.45) is 7.05 Å². The summed E-state index contributed by atoms with van der Waals surface area (Å²) < 4.78 is 16.7. The van der Waals surface area contributed by atoms with Crippen molar-refractivity contribution >= 4 is 34.2 Å². The van der Waals surface area contributed by atoms with Gasteiger partial charge in [0.25, 0.3) is 5.91 Å². The number of aromatic nitrogens is 5. The topological polar surface area (TPSA) is 77.6 Å². The number of carbonyl (C=O) groups excluding carboxylic acids is 1. The summed E-state index contributed by atoms with van der Waals surface area (Å²) in [5.41, 5.74) is 3.29. The van der Waals surface area contributed by atoms with Gasteiger partial charge in [-0.1, -0.05) is 41.9 Å². The number of para-hydroxylation sites is 1. The van der Waals surface area contributed by atoms with Crippen LogP contribution in [-0.4, -0.2) is 30.5 Å².